The topological polar surface area (TPSA) is 87.9 Å². The Hall–Kier alpha value is -3.96. The number of carbonyl (C=O) groups excluding carboxylic acids is 2. The number of methoxy groups -OCH3 is 1. The third-order valence-electron chi connectivity index (χ3n) is 6.70. The molecule has 220 valence electrons. The first kappa shape index (κ1) is 30.5. The van der Waals surface area contributed by atoms with Gasteiger partial charge in [0.15, 0.2) is 0 Å². The molecule has 5 rings (SSSR count). The maximum Gasteiger partial charge on any atom is 0.337 e. The summed E-state index contributed by atoms with van der Waals surface area (Å²) in [6, 6.07) is 15.4. The van der Waals surface area contributed by atoms with Crippen LogP contribution in [0.5, 0.6) is 5.75 Å². The van der Waals surface area contributed by atoms with E-state index in [9.17, 15) is 9.59 Å². The van der Waals surface area contributed by atoms with Gasteiger partial charge in [0.2, 0.25) is 0 Å². The molecule has 0 atom stereocenters. The highest BCUT2D eigenvalue weighted by Crippen LogP contribution is 2.46. The highest BCUT2D eigenvalue weighted by molar-refractivity contribution is 6.39. The van der Waals surface area contributed by atoms with Gasteiger partial charge in [0, 0.05) is 28.7 Å². The summed E-state index contributed by atoms with van der Waals surface area (Å²) in [6.07, 6.45) is 2.03. The number of ether oxygens (including phenoxy) is 3. The molecule has 0 N–H and O–H groups in total. The highest BCUT2D eigenvalue weighted by atomic mass is 35.5. The molecular formula is C33H26Cl3NO6. The van der Waals surface area contributed by atoms with E-state index in [2.05, 4.69) is 17.0 Å². The molecule has 0 bridgehead atoms. The summed E-state index contributed by atoms with van der Waals surface area (Å²) in [7, 11) is 1.29. The van der Waals surface area contributed by atoms with Crippen LogP contribution in [0, 0.1) is 11.8 Å². The van der Waals surface area contributed by atoms with Crippen molar-refractivity contribution < 1.29 is 28.3 Å². The monoisotopic (exact) mass is 637 g/mol. The van der Waals surface area contributed by atoms with E-state index in [1.807, 2.05) is 0 Å². The predicted octanol–water partition coefficient (Wildman–Crippen LogP) is 8.05. The van der Waals surface area contributed by atoms with Crippen LogP contribution in [0.25, 0.3) is 11.3 Å². The van der Waals surface area contributed by atoms with E-state index in [-0.39, 0.29) is 31.1 Å². The third kappa shape index (κ3) is 7.34. The van der Waals surface area contributed by atoms with Gasteiger partial charge in [-0.15, -0.1) is 0 Å². The number of carbonyl (C=O) groups is 2. The smallest absolute Gasteiger partial charge is 0.337 e. The molecule has 0 unspecified atom stereocenters. The van der Waals surface area contributed by atoms with Crippen molar-refractivity contribution >= 4 is 46.7 Å². The number of aromatic nitrogens is 1. The summed E-state index contributed by atoms with van der Waals surface area (Å²) in [5.74, 6) is 6.71. The van der Waals surface area contributed by atoms with E-state index >= 15 is 0 Å². The largest absolute Gasteiger partial charge is 0.489 e. The van der Waals surface area contributed by atoms with Crippen LogP contribution in [-0.4, -0.2) is 30.8 Å². The second-order valence-electron chi connectivity index (χ2n) is 9.82. The molecule has 1 aromatic heterocycles. The zero-order chi connectivity index (χ0) is 30.5. The fraction of sp³-hybridized carbons (Fsp3) is 0.242. The number of nitrogens with zero attached hydrogens (tertiary/aromatic N) is 1. The van der Waals surface area contributed by atoms with E-state index in [0.717, 1.165) is 24.2 Å². The van der Waals surface area contributed by atoms with Crippen LogP contribution in [0.3, 0.4) is 0 Å². The zero-order valence-corrected chi connectivity index (χ0v) is 25.6. The maximum absolute atomic E-state index is 12.2. The normalized spacial score (nSPS) is 12.3. The number of hydrogen-bond donors (Lipinski definition) is 0. The Bertz CT molecular complexity index is 1730. The minimum Gasteiger partial charge on any atom is -0.489 e. The van der Waals surface area contributed by atoms with E-state index in [0.29, 0.717) is 48.8 Å². The van der Waals surface area contributed by atoms with Gasteiger partial charge < -0.3 is 18.7 Å². The fourth-order valence-corrected chi connectivity index (χ4v) is 5.31. The van der Waals surface area contributed by atoms with Crippen LogP contribution in [0.15, 0.2) is 59.1 Å². The molecule has 0 spiro atoms. The molecule has 1 saturated carbocycles. The molecule has 1 heterocycles. The number of rotatable bonds is 9. The number of esters is 2. The molecule has 7 nitrogen and oxygen atoms in total. The quantitative estimate of drug-likeness (QED) is 0.135. The molecule has 3 aromatic carbocycles. The van der Waals surface area contributed by atoms with Gasteiger partial charge in [-0.25, -0.2) is 4.79 Å². The van der Waals surface area contributed by atoms with E-state index in [4.69, 9.17) is 53.5 Å². The second kappa shape index (κ2) is 13.6. The Kier molecular flexibility index (Phi) is 9.62. The molecule has 1 fully saturated rings. The van der Waals surface area contributed by atoms with E-state index < -0.39 is 11.9 Å². The van der Waals surface area contributed by atoms with Crippen molar-refractivity contribution in [3.05, 3.63) is 103 Å². The summed E-state index contributed by atoms with van der Waals surface area (Å²) >= 11 is 19.5. The Morgan fingerprint density at radius 2 is 1.77 bits per heavy atom. The molecule has 10 heteroatoms. The Morgan fingerprint density at radius 3 is 2.44 bits per heavy atom. The summed E-state index contributed by atoms with van der Waals surface area (Å²) in [5.41, 5.74) is 3.88. The lowest BCUT2D eigenvalue weighted by molar-refractivity contribution is -0.142. The van der Waals surface area contributed by atoms with Crippen molar-refractivity contribution in [1.82, 2.24) is 5.16 Å². The van der Waals surface area contributed by atoms with Crippen LogP contribution < -0.4 is 4.74 Å². The molecule has 0 saturated heterocycles. The van der Waals surface area contributed by atoms with Gasteiger partial charge >= 0.3 is 11.9 Å². The second-order valence-corrected chi connectivity index (χ2v) is 11.0. The number of hydrogen-bond acceptors (Lipinski definition) is 7. The standard InChI is InChI=1S/C33H26Cl3NO6/c1-3-41-29(38)16-20-13-19(14-23(15-20)33(39)40-2)7-8-21-11-12-24(17-28(21)36)42-18-25-31(37-43-32(25)22-9-10-22)30-26(34)5-4-6-27(30)35/h4-6,11-15,17,22H,3,9-10,16,18H2,1-2H3. The highest BCUT2D eigenvalue weighted by Gasteiger charge is 2.33. The van der Waals surface area contributed by atoms with Gasteiger partial charge in [-0.2, -0.15) is 0 Å². The lowest BCUT2D eigenvalue weighted by Crippen LogP contribution is -2.09. The maximum atomic E-state index is 12.2. The first-order chi connectivity index (χ1) is 20.8. The van der Waals surface area contributed by atoms with Gasteiger partial charge in [0.1, 0.15) is 23.8 Å². The molecule has 0 amide bonds. The molecule has 1 aliphatic carbocycles. The van der Waals surface area contributed by atoms with E-state index in [1.54, 1.807) is 61.5 Å². The fourth-order valence-electron chi connectivity index (χ4n) is 4.51. The molecule has 0 radical (unpaired) electrons. The molecule has 43 heavy (non-hydrogen) atoms. The van der Waals surface area contributed by atoms with Crippen molar-refractivity contribution in [2.45, 2.75) is 38.7 Å². The molecular weight excluding hydrogens is 613 g/mol. The average molecular weight is 639 g/mol. The predicted molar refractivity (Wildman–Crippen MR) is 164 cm³/mol. The molecule has 4 aromatic rings. The summed E-state index contributed by atoms with van der Waals surface area (Å²) < 4.78 is 21.7. The van der Waals surface area contributed by atoms with Crippen molar-refractivity contribution in [2.24, 2.45) is 0 Å². The lowest BCUT2D eigenvalue weighted by atomic mass is 10.0. The third-order valence-corrected chi connectivity index (χ3v) is 7.64. The summed E-state index contributed by atoms with van der Waals surface area (Å²) in [6.45, 7) is 2.17. The first-order valence-corrected chi connectivity index (χ1v) is 14.7. The van der Waals surface area contributed by atoms with Gasteiger partial charge in [-0.05, 0) is 67.8 Å². The van der Waals surface area contributed by atoms with Crippen LogP contribution in [-0.2, 0) is 27.3 Å². The van der Waals surface area contributed by atoms with Crippen LogP contribution in [0.1, 0.15) is 64.1 Å². The first-order valence-electron chi connectivity index (χ1n) is 13.5. The minimum absolute atomic E-state index is 0.000806. The van der Waals surface area contributed by atoms with Crippen molar-refractivity contribution in [3.8, 4) is 28.8 Å². The van der Waals surface area contributed by atoms with Crippen molar-refractivity contribution in [2.75, 3.05) is 13.7 Å². The van der Waals surface area contributed by atoms with Crippen LogP contribution in [0.4, 0.5) is 0 Å². The van der Waals surface area contributed by atoms with Crippen LogP contribution in [0.2, 0.25) is 15.1 Å². The Balaban J connectivity index is 1.36. The Labute approximate surface area is 264 Å². The summed E-state index contributed by atoms with van der Waals surface area (Å²) in [5, 5.41) is 5.62. The molecule has 1 aliphatic rings. The summed E-state index contributed by atoms with van der Waals surface area (Å²) in [4.78, 5) is 24.2. The number of benzene rings is 3. The zero-order valence-electron chi connectivity index (χ0n) is 23.3. The van der Waals surface area contributed by atoms with Gasteiger partial charge in [-0.1, -0.05) is 57.9 Å². The van der Waals surface area contributed by atoms with Crippen molar-refractivity contribution in [3.63, 3.8) is 0 Å². The minimum atomic E-state index is -0.536. The SMILES string of the molecule is CCOC(=O)Cc1cc(C#Cc2ccc(OCc3c(-c4c(Cl)cccc4Cl)noc3C3CC3)cc2Cl)cc(C(=O)OC)c1. The molecule has 0 aliphatic heterocycles. The van der Waals surface area contributed by atoms with E-state index in [1.165, 1.54) is 7.11 Å². The van der Waals surface area contributed by atoms with Crippen molar-refractivity contribution in [1.29, 1.82) is 0 Å². The number of halogens is 3. The average Bonchev–Trinajstić information content (AvgIpc) is 3.75. The van der Waals surface area contributed by atoms with Gasteiger partial charge in [-0.3, -0.25) is 4.79 Å². The van der Waals surface area contributed by atoms with Crippen LogP contribution >= 0.6 is 34.8 Å². The van der Waals surface area contributed by atoms with Gasteiger partial charge in [0.05, 0.1) is 46.3 Å². The Morgan fingerprint density at radius 1 is 1.00 bits per heavy atom. The van der Waals surface area contributed by atoms with Gasteiger partial charge in [0.25, 0.3) is 0 Å². The lowest BCUT2D eigenvalue weighted by Gasteiger charge is -2.10.